The summed E-state index contributed by atoms with van der Waals surface area (Å²) in [6, 6.07) is 0. The first-order valence-corrected chi connectivity index (χ1v) is 3.79. The first-order valence-electron chi connectivity index (χ1n) is 3.79. The molecular weight excluding hydrogens is 132 g/mol. The summed E-state index contributed by atoms with van der Waals surface area (Å²) in [5.74, 6) is 0. The Labute approximate surface area is 69.6 Å². The standard InChI is InChI=1S/C7H10.C4H6/c1-6(2)5-7-3-4-7;1-3-4-2/h5H,1,3-4H2,2H3;3-4H,1-2H2. The van der Waals surface area contributed by atoms with Gasteiger partial charge in [-0.1, -0.05) is 49.1 Å². The first kappa shape index (κ1) is 9.96. The summed E-state index contributed by atoms with van der Waals surface area (Å²) in [7, 11) is 0. The molecule has 0 radical (unpaired) electrons. The van der Waals surface area contributed by atoms with E-state index in [-0.39, 0.29) is 0 Å². The molecule has 1 aliphatic rings. The van der Waals surface area contributed by atoms with Crippen LogP contribution in [0.4, 0.5) is 0 Å². The fourth-order valence-corrected chi connectivity index (χ4v) is 0.565. The second-order valence-electron chi connectivity index (χ2n) is 2.62. The average molecular weight is 148 g/mol. The fourth-order valence-electron chi connectivity index (χ4n) is 0.565. The molecule has 0 aromatic carbocycles. The Balaban J connectivity index is 0.000000218. The molecule has 1 saturated carbocycles. The molecule has 1 aliphatic carbocycles. The molecule has 60 valence electrons. The van der Waals surface area contributed by atoms with Crippen molar-refractivity contribution < 1.29 is 0 Å². The quantitative estimate of drug-likeness (QED) is 0.524. The molecule has 0 bridgehead atoms. The van der Waals surface area contributed by atoms with Gasteiger partial charge < -0.3 is 0 Å². The van der Waals surface area contributed by atoms with Crippen LogP contribution in [0.1, 0.15) is 19.8 Å². The van der Waals surface area contributed by atoms with Crippen LogP contribution in [0.25, 0.3) is 0 Å². The minimum absolute atomic E-state index is 1.19. The lowest BCUT2D eigenvalue weighted by atomic mass is 10.3. The molecule has 0 heterocycles. The van der Waals surface area contributed by atoms with Gasteiger partial charge in [0.25, 0.3) is 0 Å². The van der Waals surface area contributed by atoms with Crippen molar-refractivity contribution in [3.05, 3.63) is 49.1 Å². The zero-order chi connectivity index (χ0) is 8.69. The lowest BCUT2D eigenvalue weighted by Gasteiger charge is -1.77. The molecule has 1 rings (SSSR count). The largest absolute Gasteiger partial charge is 0.0991 e. The molecule has 0 aromatic heterocycles. The van der Waals surface area contributed by atoms with Gasteiger partial charge >= 0.3 is 0 Å². The molecule has 11 heavy (non-hydrogen) atoms. The molecule has 0 atom stereocenters. The summed E-state index contributed by atoms with van der Waals surface area (Å²) in [6.45, 7) is 12.5. The van der Waals surface area contributed by atoms with E-state index in [1.165, 1.54) is 18.4 Å². The summed E-state index contributed by atoms with van der Waals surface area (Å²) >= 11 is 0. The molecule has 0 unspecified atom stereocenters. The molecule has 0 aliphatic heterocycles. The Kier molecular flexibility index (Phi) is 5.18. The minimum atomic E-state index is 1.19. The highest BCUT2D eigenvalue weighted by Crippen LogP contribution is 2.28. The van der Waals surface area contributed by atoms with Gasteiger partial charge in [0.2, 0.25) is 0 Å². The third kappa shape index (κ3) is 8.96. The van der Waals surface area contributed by atoms with Crippen LogP contribution >= 0.6 is 0 Å². The number of allylic oxidation sites excluding steroid dienone is 5. The molecule has 0 nitrogen and oxygen atoms in total. The van der Waals surface area contributed by atoms with Crippen molar-refractivity contribution in [2.75, 3.05) is 0 Å². The zero-order valence-electron chi connectivity index (χ0n) is 7.27. The predicted octanol–water partition coefficient (Wildman–Crippen LogP) is 3.64. The fraction of sp³-hybridized carbons (Fsp3) is 0.273. The van der Waals surface area contributed by atoms with Crippen LogP contribution in [0.2, 0.25) is 0 Å². The Morgan fingerprint density at radius 1 is 1.27 bits per heavy atom. The summed E-state index contributed by atoms with van der Waals surface area (Å²) in [5, 5.41) is 0. The van der Waals surface area contributed by atoms with Crippen LogP contribution in [-0.4, -0.2) is 0 Å². The lowest BCUT2D eigenvalue weighted by molar-refractivity contribution is 1.50. The topological polar surface area (TPSA) is 0 Å². The maximum atomic E-state index is 3.76. The van der Waals surface area contributed by atoms with E-state index in [2.05, 4.69) is 25.8 Å². The van der Waals surface area contributed by atoms with Crippen LogP contribution < -0.4 is 0 Å². The normalized spacial score (nSPS) is 12.3. The van der Waals surface area contributed by atoms with Crippen molar-refractivity contribution in [1.82, 2.24) is 0 Å². The molecule has 0 amide bonds. The molecule has 0 aromatic rings. The summed E-state index contributed by atoms with van der Waals surface area (Å²) < 4.78 is 0. The zero-order valence-corrected chi connectivity index (χ0v) is 7.27. The average Bonchev–Trinajstić information content (AvgIpc) is 2.71. The molecule has 0 spiro atoms. The highest BCUT2D eigenvalue weighted by Gasteiger charge is 2.08. The number of hydrogen-bond acceptors (Lipinski definition) is 0. The molecular formula is C11H16. The van der Waals surface area contributed by atoms with Gasteiger partial charge in [0.15, 0.2) is 0 Å². The van der Waals surface area contributed by atoms with Crippen molar-refractivity contribution >= 4 is 0 Å². The van der Waals surface area contributed by atoms with Gasteiger partial charge in [0.05, 0.1) is 0 Å². The van der Waals surface area contributed by atoms with E-state index >= 15 is 0 Å². The van der Waals surface area contributed by atoms with E-state index in [4.69, 9.17) is 0 Å². The van der Waals surface area contributed by atoms with Gasteiger partial charge in [-0.05, 0) is 19.8 Å². The van der Waals surface area contributed by atoms with E-state index in [1.54, 1.807) is 17.7 Å². The Morgan fingerprint density at radius 2 is 1.73 bits per heavy atom. The summed E-state index contributed by atoms with van der Waals surface area (Å²) in [5.41, 5.74) is 2.75. The Bertz CT molecular complexity index is 170. The molecule has 0 N–H and O–H groups in total. The minimum Gasteiger partial charge on any atom is -0.0991 e. The third-order valence-corrected chi connectivity index (χ3v) is 1.16. The number of hydrogen-bond donors (Lipinski definition) is 0. The Morgan fingerprint density at radius 3 is 1.82 bits per heavy atom. The second-order valence-corrected chi connectivity index (χ2v) is 2.62. The number of rotatable bonds is 2. The van der Waals surface area contributed by atoms with Crippen LogP contribution in [-0.2, 0) is 0 Å². The van der Waals surface area contributed by atoms with E-state index in [1.807, 2.05) is 6.92 Å². The van der Waals surface area contributed by atoms with Crippen molar-refractivity contribution in [2.45, 2.75) is 19.8 Å². The predicted molar refractivity (Wildman–Crippen MR) is 52.5 cm³/mol. The SMILES string of the molecule is C=C(C)C=C1CC1.C=CC=C. The van der Waals surface area contributed by atoms with Crippen molar-refractivity contribution in [3.63, 3.8) is 0 Å². The lowest BCUT2D eigenvalue weighted by Crippen LogP contribution is -1.56. The van der Waals surface area contributed by atoms with Crippen LogP contribution in [0, 0.1) is 0 Å². The molecule has 0 saturated heterocycles. The van der Waals surface area contributed by atoms with Crippen molar-refractivity contribution in [2.24, 2.45) is 0 Å². The van der Waals surface area contributed by atoms with Crippen LogP contribution in [0.3, 0.4) is 0 Å². The van der Waals surface area contributed by atoms with E-state index in [0.29, 0.717) is 0 Å². The Hall–Kier alpha value is -1.04. The third-order valence-electron chi connectivity index (χ3n) is 1.16. The highest BCUT2D eigenvalue weighted by atomic mass is 14.1. The molecule has 1 fully saturated rings. The van der Waals surface area contributed by atoms with Crippen molar-refractivity contribution in [3.8, 4) is 0 Å². The van der Waals surface area contributed by atoms with Gasteiger partial charge in [-0.15, -0.1) is 0 Å². The van der Waals surface area contributed by atoms with Gasteiger partial charge in [-0.25, -0.2) is 0 Å². The van der Waals surface area contributed by atoms with E-state index < -0.39 is 0 Å². The second kappa shape index (κ2) is 5.72. The van der Waals surface area contributed by atoms with E-state index in [9.17, 15) is 0 Å². The van der Waals surface area contributed by atoms with Gasteiger partial charge in [-0.2, -0.15) is 0 Å². The maximum Gasteiger partial charge on any atom is -0.0279 e. The monoisotopic (exact) mass is 148 g/mol. The van der Waals surface area contributed by atoms with Gasteiger partial charge in [0, 0.05) is 0 Å². The summed E-state index contributed by atoms with van der Waals surface area (Å²) in [4.78, 5) is 0. The van der Waals surface area contributed by atoms with Crippen LogP contribution in [0.15, 0.2) is 49.1 Å². The van der Waals surface area contributed by atoms with Crippen molar-refractivity contribution in [1.29, 1.82) is 0 Å². The van der Waals surface area contributed by atoms with Gasteiger partial charge in [-0.3, -0.25) is 0 Å². The van der Waals surface area contributed by atoms with E-state index in [0.717, 1.165) is 0 Å². The molecule has 0 heteroatoms. The van der Waals surface area contributed by atoms with Gasteiger partial charge in [0.1, 0.15) is 0 Å². The summed E-state index contributed by atoms with van der Waals surface area (Å²) in [6.07, 6.45) is 8.07. The first-order chi connectivity index (χ1) is 5.20. The smallest absolute Gasteiger partial charge is 0.0279 e. The highest BCUT2D eigenvalue weighted by molar-refractivity contribution is 5.26. The van der Waals surface area contributed by atoms with Crippen LogP contribution in [0.5, 0.6) is 0 Å². The maximum absolute atomic E-state index is 3.76.